The molecule has 4 heterocycles. The van der Waals surface area contributed by atoms with Crippen molar-refractivity contribution in [1.29, 1.82) is 0 Å². The molecule has 0 saturated carbocycles. The van der Waals surface area contributed by atoms with Gasteiger partial charge in [-0.3, -0.25) is 19.4 Å². The van der Waals surface area contributed by atoms with Gasteiger partial charge in [-0.2, -0.15) is 40.5 Å². The Morgan fingerprint density at radius 2 is 1.21 bits per heavy atom. The molecule has 61 heavy (non-hydrogen) atoms. The maximum atomic E-state index is 13.7. The van der Waals surface area contributed by atoms with Crippen molar-refractivity contribution < 1.29 is 28.7 Å². The normalized spacial score (nSPS) is 18.1. The molecule has 3 aromatic carbocycles. The summed E-state index contributed by atoms with van der Waals surface area (Å²) in [5, 5.41) is 8.10. The summed E-state index contributed by atoms with van der Waals surface area (Å²) in [4.78, 5) is 76.7. The summed E-state index contributed by atoms with van der Waals surface area (Å²) < 4.78 is 9.55. The van der Waals surface area contributed by atoms with Gasteiger partial charge in [0.05, 0.1) is 31.8 Å². The highest BCUT2D eigenvalue weighted by atomic mass is 32.1. The third-order valence-corrected chi connectivity index (χ3v) is 11.8. The molecule has 0 spiro atoms. The molecule has 4 atom stereocenters. The van der Waals surface area contributed by atoms with E-state index in [-0.39, 0.29) is 81.6 Å². The van der Waals surface area contributed by atoms with Gasteiger partial charge in [-0.25, -0.2) is 9.59 Å². The number of carbonyl (C=O) groups excluding carboxylic acids is 4. The van der Waals surface area contributed by atoms with Crippen LogP contribution in [0.4, 0.5) is 9.59 Å². The lowest BCUT2D eigenvalue weighted by molar-refractivity contribution is -0.135. The van der Waals surface area contributed by atoms with Gasteiger partial charge in [-0.1, -0.05) is 58.0 Å². The van der Waals surface area contributed by atoms with Crippen molar-refractivity contribution in [3.63, 3.8) is 0 Å². The topological polar surface area (TPSA) is 162 Å². The summed E-state index contributed by atoms with van der Waals surface area (Å²) in [5.41, 5.74) is 6.29. The fourth-order valence-corrected chi connectivity index (χ4v) is 8.57. The Balaban J connectivity index is 0.00000273. The Hall–Kier alpha value is -4.93. The number of amides is 4. The van der Waals surface area contributed by atoms with E-state index < -0.39 is 24.3 Å². The number of ether oxygens (including phenoxy) is 2. The van der Waals surface area contributed by atoms with Crippen molar-refractivity contribution in [3.05, 3.63) is 88.3 Å². The number of aromatic nitrogens is 1. The molecule has 3 aliphatic rings. The predicted octanol–water partition coefficient (Wildman–Crippen LogP) is 7.29. The smallest absolute Gasteiger partial charge is 0.407 e. The molecule has 4 amide bonds. The molecule has 4 aromatic rings. The summed E-state index contributed by atoms with van der Waals surface area (Å²) in [6, 6.07) is 18.2. The zero-order chi connectivity index (χ0) is 41.2. The van der Waals surface area contributed by atoms with Gasteiger partial charge in [0.1, 0.15) is 12.1 Å². The Kier molecular flexibility index (Phi) is 16.6. The molecule has 13 nitrogen and oxygen atoms in total. The van der Waals surface area contributed by atoms with Crippen molar-refractivity contribution in [3.8, 4) is 11.1 Å². The van der Waals surface area contributed by atoms with Gasteiger partial charge in [0.15, 0.2) is 5.43 Å². The van der Waals surface area contributed by atoms with Gasteiger partial charge >= 0.3 is 12.2 Å². The Labute approximate surface area is 377 Å². The van der Waals surface area contributed by atoms with E-state index in [0.717, 1.165) is 58.0 Å². The highest BCUT2D eigenvalue weighted by Crippen LogP contribution is 2.35. The minimum Gasteiger partial charge on any atom is -0.453 e. The average Bonchev–Trinajstić information content (AvgIpc) is 4.02. The number of hydrogen-bond donors (Lipinski definition) is 3. The first-order valence-corrected chi connectivity index (χ1v) is 20.1. The molecule has 0 radical (unpaired) electrons. The molecule has 3 aliphatic heterocycles. The third-order valence-electron chi connectivity index (χ3n) is 11.8. The fraction of sp³-hybridized carbons (Fsp3) is 0.422. The van der Waals surface area contributed by atoms with Crippen molar-refractivity contribution in [1.82, 2.24) is 25.4 Å². The van der Waals surface area contributed by atoms with Crippen molar-refractivity contribution in [2.75, 3.05) is 27.3 Å². The molecule has 2 fully saturated rings. The number of pyridine rings is 1. The lowest BCUT2D eigenvalue weighted by atomic mass is 9.94. The van der Waals surface area contributed by atoms with Crippen LogP contribution in [-0.2, 0) is 19.1 Å². The first kappa shape index (κ1) is 48.7. The number of likely N-dealkylation sites (tertiary alicyclic amines) is 2. The molecule has 16 heteroatoms. The number of methoxy groups -OCH3 is 2. The number of allylic oxidation sites excluding steroid dienone is 1. The average molecular weight is 891 g/mol. The highest BCUT2D eigenvalue weighted by molar-refractivity contribution is 7.59. The van der Waals surface area contributed by atoms with Crippen LogP contribution in [0.3, 0.4) is 0 Å². The minimum absolute atomic E-state index is 0. The molecule has 1 unspecified atom stereocenters. The summed E-state index contributed by atoms with van der Waals surface area (Å²) in [6.45, 7) is 8.71. The number of rotatable bonds is 10. The second kappa shape index (κ2) is 20.8. The van der Waals surface area contributed by atoms with Gasteiger partial charge in [-0.05, 0) is 94.8 Å². The molecular formula is C45H58N6O7S3. The second-order valence-corrected chi connectivity index (χ2v) is 16.2. The number of H-pyrrole nitrogens is 1. The standard InChI is InChI=1S/C45H52N6O7.3H2S/c1-25(2)40(48-44(55)57-5)42(53)50-17-7-9-37(50)35-22-32(24-46-35)30-14-13-27-19-29(12-11-28(27)20-30)31-15-16-33-34(21-31)47-36(23-39(33)52)38-10-8-18-51(38)43(54)41(26(3)4)49-45(56)58-6;;;/h11-16,19-21,23-26,37-38,40-41H,7-10,17-18,22H2,1-6H3,(H,47,52)(H,48,55)(H,49,56);3*1H2/t37-,38?,40-,41-;;;/m0.../s1. The van der Waals surface area contributed by atoms with Gasteiger partial charge in [0.2, 0.25) is 11.8 Å². The van der Waals surface area contributed by atoms with Crippen LogP contribution in [0.5, 0.6) is 0 Å². The van der Waals surface area contributed by atoms with Crippen LogP contribution in [0.25, 0.3) is 38.4 Å². The van der Waals surface area contributed by atoms with Crippen LogP contribution in [0.2, 0.25) is 0 Å². The first-order chi connectivity index (χ1) is 27.9. The Morgan fingerprint density at radius 1 is 0.705 bits per heavy atom. The lowest BCUT2D eigenvalue weighted by Gasteiger charge is -2.31. The number of hydrogen-bond acceptors (Lipinski definition) is 8. The van der Waals surface area contributed by atoms with Crippen LogP contribution in [0.15, 0.2) is 76.7 Å². The van der Waals surface area contributed by atoms with E-state index in [4.69, 9.17) is 14.5 Å². The van der Waals surface area contributed by atoms with E-state index >= 15 is 0 Å². The maximum Gasteiger partial charge on any atom is 0.407 e. The van der Waals surface area contributed by atoms with Crippen LogP contribution < -0.4 is 16.1 Å². The number of aliphatic imine (C=N–C) groups is 1. The van der Waals surface area contributed by atoms with Gasteiger partial charge in [-0.15, -0.1) is 0 Å². The summed E-state index contributed by atoms with van der Waals surface area (Å²) in [7, 11) is 2.57. The molecule has 7 rings (SSSR count). The molecule has 3 N–H and O–H groups in total. The number of carbonyl (C=O) groups is 4. The number of nitrogens with zero attached hydrogens (tertiary/aromatic N) is 3. The van der Waals surface area contributed by atoms with Crippen LogP contribution in [-0.4, -0.2) is 89.9 Å². The molecule has 0 aliphatic carbocycles. The summed E-state index contributed by atoms with van der Waals surface area (Å²) >= 11 is 0. The predicted molar refractivity (Wildman–Crippen MR) is 255 cm³/mol. The number of alkyl carbamates (subject to hydrolysis) is 2. The van der Waals surface area contributed by atoms with Crippen LogP contribution >= 0.6 is 40.5 Å². The molecule has 1 aromatic heterocycles. The quantitative estimate of drug-likeness (QED) is 0.151. The number of benzene rings is 3. The van der Waals surface area contributed by atoms with Crippen molar-refractivity contribution in [2.24, 2.45) is 16.8 Å². The van der Waals surface area contributed by atoms with Crippen molar-refractivity contribution >= 4 is 97.4 Å². The zero-order valence-electron chi connectivity index (χ0n) is 35.5. The Morgan fingerprint density at radius 3 is 1.79 bits per heavy atom. The monoisotopic (exact) mass is 890 g/mol. The lowest BCUT2D eigenvalue weighted by Crippen LogP contribution is -2.53. The van der Waals surface area contributed by atoms with Crippen molar-refractivity contribution in [2.45, 2.75) is 84.0 Å². The minimum atomic E-state index is -0.751. The third kappa shape index (κ3) is 10.2. The zero-order valence-corrected chi connectivity index (χ0v) is 38.5. The van der Waals surface area contributed by atoms with Crippen LogP contribution in [0, 0.1) is 11.8 Å². The fourth-order valence-electron chi connectivity index (χ4n) is 8.57. The van der Waals surface area contributed by atoms with E-state index in [9.17, 15) is 24.0 Å². The van der Waals surface area contributed by atoms with E-state index in [2.05, 4.69) is 52.0 Å². The van der Waals surface area contributed by atoms with E-state index in [1.54, 1.807) is 11.0 Å². The second-order valence-electron chi connectivity index (χ2n) is 16.2. The maximum absolute atomic E-state index is 13.7. The molecule has 0 bridgehead atoms. The molecule has 328 valence electrons. The van der Waals surface area contributed by atoms with Gasteiger partial charge in [0, 0.05) is 48.6 Å². The largest absolute Gasteiger partial charge is 0.453 e. The summed E-state index contributed by atoms with van der Waals surface area (Å²) in [6.07, 6.45) is 4.44. The van der Waals surface area contributed by atoms with E-state index in [0.29, 0.717) is 42.5 Å². The molecule has 2 saturated heterocycles. The Bertz CT molecular complexity index is 2400. The van der Waals surface area contributed by atoms with Crippen LogP contribution in [0.1, 0.15) is 77.1 Å². The highest BCUT2D eigenvalue weighted by Gasteiger charge is 2.39. The number of fused-ring (bicyclic) bond motifs is 2. The number of nitrogens with one attached hydrogen (secondary N) is 3. The van der Waals surface area contributed by atoms with Gasteiger partial charge in [0.25, 0.3) is 0 Å². The first-order valence-electron chi connectivity index (χ1n) is 20.1. The molecular weight excluding hydrogens is 833 g/mol. The van der Waals surface area contributed by atoms with Gasteiger partial charge < -0.3 is 34.9 Å². The number of aromatic amines is 1. The van der Waals surface area contributed by atoms with E-state index in [1.165, 1.54) is 14.2 Å². The SMILES string of the molecule is COC(=O)N[C@H](C(=O)N1CCCC1c1cc(=O)c2ccc(-c3ccc4cc(C5=CN=C([C@@H]6CCCN6C(=O)[C@@H](NC(=O)OC)C(C)C)C5)ccc4c3)cc2[nH]1)C(C)C.S.S.S. The summed E-state index contributed by atoms with van der Waals surface area (Å²) in [5.74, 6) is -0.571. The van der Waals surface area contributed by atoms with E-state index in [1.807, 2.05) is 57.0 Å².